The molecule has 1 aromatic rings. The first kappa shape index (κ1) is 14.4. The first-order valence-electron chi connectivity index (χ1n) is 5.37. The van der Waals surface area contributed by atoms with Gasteiger partial charge in [-0.05, 0) is 0 Å². The molecule has 0 aliphatic carbocycles. The number of aromatic nitrogens is 2. The normalized spacial score (nSPS) is 28.2. The van der Waals surface area contributed by atoms with E-state index in [4.69, 9.17) is 4.74 Å². The minimum absolute atomic E-state index is 0.325. The molecule has 1 aromatic heterocycles. The van der Waals surface area contributed by atoms with Gasteiger partial charge in [-0.3, -0.25) is 4.98 Å². The third-order valence-electron chi connectivity index (χ3n) is 2.52. The minimum atomic E-state index is -4.61. The third-order valence-corrected chi connectivity index (χ3v) is 3.66. The predicted octanol–water partition coefficient (Wildman–Crippen LogP) is 0.711. The van der Waals surface area contributed by atoms with Crippen LogP contribution in [0.3, 0.4) is 0 Å². The summed E-state index contributed by atoms with van der Waals surface area (Å²) in [6.07, 6.45) is -5.92. The van der Waals surface area contributed by atoms with Crippen LogP contribution in [-0.4, -0.2) is 50.0 Å². The topological polar surface area (TPSA) is 75.5 Å². The number of aliphatic hydroxyl groups excluding tert-OH is 2. The van der Waals surface area contributed by atoms with E-state index in [1.165, 1.54) is 11.8 Å². The van der Waals surface area contributed by atoms with Crippen LogP contribution in [0.1, 0.15) is 5.69 Å². The van der Waals surface area contributed by atoms with Crippen molar-refractivity contribution in [3.05, 3.63) is 18.1 Å². The molecular weight excluding hydrogens is 285 g/mol. The van der Waals surface area contributed by atoms with Crippen LogP contribution in [0.2, 0.25) is 0 Å². The Labute approximate surface area is 110 Å². The van der Waals surface area contributed by atoms with Crippen LogP contribution >= 0.6 is 11.8 Å². The Bertz CT molecular complexity index is 446. The summed E-state index contributed by atoms with van der Waals surface area (Å²) in [5.41, 5.74) is -1.16. The van der Waals surface area contributed by atoms with Gasteiger partial charge in [-0.25, -0.2) is 4.98 Å². The first-order valence-corrected chi connectivity index (χ1v) is 6.53. The molecule has 5 nitrogen and oxygen atoms in total. The molecule has 0 unspecified atom stereocenters. The molecule has 0 amide bonds. The van der Waals surface area contributed by atoms with Gasteiger partial charge in [-0.15, -0.1) is 0 Å². The van der Waals surface area contributed by atoms with E-state index in [0.717, 1.165) is 6.20 Å². The second kappa shape index (κ2) is 5.51. The third kappa shape index (κ3) is 3.48. The zero-order valence-corrected chi connectivity index (χ0v) is 10.4. The molecule has 0 bridgehead atoms. The van der Waals surface area contributed by atoms with Crippen LogP contribution < -0.4 is 4.74 Å². The average Bonchev–Trinajstić information content (AvgIpc) is 2.34. The maximum Gasteiger partial charge on any atom is 0.435 e. The number of ether oxygens (including phenoxy) is 1. The quantitative estimate of drug-likeness (QED) is 0.837. The Morgan fingerprint density at radius 3 is 2.68 bits per heavy atom. The highest BCUT2D eigenvalue weighted by Gasteiger charge is 2.35. The lowest BCUT2D eigenvalue weighted by Gasteiger charge is -2.31. The van der Waals surface area contributed by atoms with E-state index in [2.05, 4.69) is 9.97 Å². The molecule has 1 aliphatic rings. The number of aliphatic hydroxyl groups is 2. The van der Waals surface area contributed by atoms with Gasteiger partial charge in [0.25, 0.3) is 0 Å². The number of hydrogen-bond donors (Lipinski definition) is 2. The first-order chi connectivity index (χ1) is 8.88. The highest BCUT2D eigenvalue weighted by atomic mass is 32.2. The zero-order chi connectivity index (χ0) is 14.0. The van der Waals surface area contributed by atoms with Gasteiger partial charge in [0.05, 0.1) is 18.5 Å². The number of halogens is 3. The molecule has 1 saturated heterocycles. The molecule has 0 spiro atoms. The van der Waals surface area contributed by atoms with E-state index in [1.54, 1.807) is 0 Å². The molecule has 2 heterocycles. The number of rotatable bonds is 2. The van der Waals surface area contributed by atoms with Gasteiger partial charge < -0.3 is 14.9 Å². The van der Waals surface area contributed by atoms with Gasteiger partial charge in [0.1, 0.15) is 12.2 Å². The standard InChI is InChI=1S/C10H11F3N2O3S/c11-10(12,13)7-1-14-2-8(15-7)18-6-4-19-3-5(16)9(6)17/h1-2,5-6,9,16-17H,3-4H2/t5-,6-,9-/m0/s1. The summed E-state index contributed by atoms with van der Waals surface area (Å²) in [5, 5.41) is 19.1. The van der Waals surface area contributed by atoms with Gasteiger partial charge in [0.15, 0.2) is 5.69 Å². The van der Waals surface area contributed by atoms with E-state index >= 15 is 0 Å². The van der Waals surface area contributed by atoms with Crippen LogP contribution in [0.5, 0.6) is 5.88 Å². The maximum absolute atomic E-state index is 12.4. The number of alkyl halides is 3. The molecular formula is C10H11F3N2O3S. The number of thioether (sulfide) groups is 1. The van der Waals surface area contributed by atoms with Crippen molar-refractivity contribution in [1.82, 2.24) is 9.97 Å². The molecule has 1 fully saturated rings. The molecule has 1 aliphatic heterocycles. The molecule has 2 rings (SSSR count). The van der Waals surface area contributed by atoms with Crippen molar-refractivity contribution in [1.29, 1.82) is 0 Å². The summed E-state index contributed by atoms with van der Waals surface area (Å²) in [5.74, 6) is 0.388. The van der Waals surface area contributed by atoms with Crippen LogP contribution in [0.4, 0.5) is 13.2 Å². The Morgan fingerprint density at radius 2 is 2.00 bits per heavy atom. The lowest BCUT2D eigenvalue weighted by atomic mass is 10.1. The van der Waals surface area contributed by atoms with Crippen molar-refractivity contribution in [3.63, 3.8) is 0 Å². The lowest BCUT2D eigenvalue weighted by molar-refractivity contribution is -0.141. The van der Waals surface area contributed by atoms with E-state index in [0.29, 0.717) is 17.7 Å². The van der Waals surface area contributed by atoms with Crippen molar-refractivity contribution >= 4 is 11.8 Å². The second-order valence-electron chi connectivity index (χ2n) is 3.99. The molecule has 3 atom stereocenters. The molecule has 2 N–H and O–H groups in total. The summed E-state index contributed by atoms with van der Waals surface area (Å²) < 4.78 is 42.5. The molecule has 0 radical (unpaired) electrons. The van der Waals surface area contributed by atoms with E-state index in [1.807, 2.05) is 0 Å². The summed E-state index contributed by atoms with van der Waals surface area (Å²) in [4.78, 5) is 6.69. The summed E-state index contributed by atoms with van der Waals surface area (Å²) in [6, 6.07) is 0. The minimum Gasteiger partial charge on any atom is -0.469 e. The average molecular weight is 296 g/mol. The fraction of sp³-hybridized carbons (Fsp3) is 0.600. The summed E-state index contributed by atoms with van der Waals surface area (Å²) in [7, 11) is 0. The highest BCUT2D eigenvalue weighted by molar-refractivity contribution is 7.99. The summed E-state index contributed by atoms with van der Waals surface area (Å²) in [6.45, 7) is 0. The smallest absolute Gasteiger partial charge is 0.435 e. The molecule has 106 valence electrons. The predicted molar refractivity (Wildman–Crippen MR) is 60.8 cm³/mol. The number of nitrogens with zero attached hydrogens (tertiary/aromatic N) is 2. The second-order valence-corrected chi connectivity index (χ2v) is 5.07. The van der Waals surface area contributed by atoms with E-state index < -0.39 is 30.2 Å². The Balaban J connectivity index is 2.11. The van der Waals surface area contributed by atoms with Gasteiger partial charge >= 0.3 is 6.18 Å². The highest BCUT2D eigenvalue weighted by Crippen LogP contribution is 2.29. The molecule has 0 saturated carbocycles. The Kier molecular flexibility index (Phi) is 4.16. The Hall–Kier alpha value is -1.06. The molecule has 0 aromatic carbocycles. The number of hydrogen-bond acceptors (Lipinski definition) is 6. The van der Waals surface area contributed by atoms with Crippen molar-refractivity contribution in [3.8, 4) is 5.88 Å². The fourth-order valence-corrected chi connectivity index (χ4v) is 2.62. The lowest BCUT2D eigenvalue weighted by Crippen LogP contribution is -2.47. The fourth-order valence-electron chi connectivity index (χ4n) is 1.55. The Morgan fingerprint density at radius 1 is 1.26 bits per heavy atom. The largest absolute Gasteiger partial charge is 0.469 e. The van der Waals surface area contributed by atoms with Gasteiger partial charge in [0, 0.05) is 11.5 Å². The van der Waals surface area contributed by atoms with Gasteiger partial charge in [-0.2, -0.15) is 24.9 Å². The van der Waals surface area contributed by atoms with Crippen molar-refractivity contribution < 1.29 is 28.1 Å². The van der Waals surface area contributed by atoms with E-state index in [-0.39, 0.29) is 5.88 Å². The van der Waals surface area contributed by atoms with Crippen LogP contribution in [-0.2, 0) is 6.18 Å². The van der Waals surface area contributed by atoms with E-state index in [9.17, 15) is 23.4 Å². The van der Waals surface area contributed by atoms with Gasteiger partial charge in [-0.1, -0.05) is 0 Å². The van der Waals surface area contributed by atoms with Gasteiger partial charge in [0.2, 0.25) is 5.88 Å². The monoisotopic (exact) mass is 296 g/mol. The van der Waals surface area contributed by atoms with Crippen molar-refractivity contribution in [2.75, 3.05) is 11.5 Å². The SMILES string of the molecule is O[C@@H]1[C@@H](Oc2cncc(C(F)(F)F)n2)CSC[C@@H]1O. The molecule has 19 heavy (non-hydrogen) atoms. The van der Waals surface area contributed by atoms with Crippen molar-refractivity contribution in [2.24, 2.45) is 0 Å². The van der Waals surface area contributed by atoms with Crippen LogP contribution in [0.25, 0.3) is 0 Å². The van der Waals surface area contributed by atoms with Crippen LogP contribution in [0.15, 0.2) is 12.4 Å². The summed E-state index contributed by atoms with van der Waals surface area (Å²) >= 11 is 1.34. The van der Waals surface area contributed by atoms with Crippen molar-refractivity contribution in [2.45, 2.75) is 24.5 Å². The zero-order valence-electron chi connectivity index (χ0n) is 9.54. The maximum atomic E-state index is 12.4. The van der Waals surface area contributed by atoms with Crippen LogP contribution in [0, 0.1) is 0 Å². The molecule has 9 heteroatoms.